The summed E-state index contributed by atoms with van der Waals surface area (Å²) < 4.78 is 2.44. The first-order valence-corrected chi connectivity index (χ1v) is 8.88. The van der Waals surface area contributed by atoms with Crippen molar-refractivity contribution >= 4 is 27.4 Å². The minimum absolute atomic E-state index is 0.317. The van der Waals surface area contributed by atoms with Crippen LogP contribution < -0.4 is 11.1 Å². The van der Waals surface area contributed by atoms with Gasteiger partial charge < -0.3 is 11.1 Å². The lowest BCUT2D eigenvalue weighted by atomic mass is 9.96. The lowest BCUT2D eigenvalue weighted by Crippen LogP contribution is -2.29. The van der Waals surface area contributed by atoms with E-state index in [1.54, 1.807) is 23.0 Å². The van der Waals surface area contributed by atoms with E-state index in [2.05, 4.69) is 31.3 Å². The van der Waals surface area contributed by atoms with Crippen LogP contribution in [-0.4, -0.2) is 32.7 Å². The minimum atomic E-state index is 0.317. The molecule has 0 aliphatic carbocycles. The van der Waals surface area contributed by atoms with Crippen LogP contribution in [0.4, 0.5) is 5.82 Å². The summed E-state index contributed by atoms with van der Waals surface area (Å²) in [5.41, 5.74) is 10.0. The van der Waals surface area contributed by atoms with E-state index in [0.717, 1.165) is 47.2 Å². The van der Waals surface area contributed by atoms with Gasteiger partial charge in [0.05, 0.1) is 16.4 Å². The number of fused-ring (bicyclic) bond motifs is 1. The Labute approximate surface area is 153 Å². The molecule has 1 aliphatic heterocycles. The predicted molar refractivity (Wildman–Crippen MR) is 97.9 cm³/mol. The number of halogens is 1. The summed E-state index contributed by atoms with van der Waals surface area (Å²) in [6, 6.07) is 5.56. The number of nitrogen functional groups attached to an aromatic ring is 1. The Balaban J connectivity index is 1.86. The highest BCUT2D eigenvalue weighted by Gasteiger charge is 2.23. The number of aromatic nitrogens is 4. The number of piperidine rings is 1. The molecule has 0 aromatic carbocycles. The number of anilines is 1. The molecule has 1 aliphatic rings. The average molecular weight is 398 g/mol. The van der Waals surface area contributed by atoms with Crippen molar-refractivity contribution in [3.63, 3.8) is 0 Å². The molecule has 1 fully saturated rings. The maximum atomic E-state index is 8.91. The third-order valence-electron chi connectivity index (χ3n) is 4.52. The maximum absolute atomic E-state index is 8.91. The van der Waals surface area contributed by atoms with Crippen molar-refractivity contribution in [1.29, 1.82) is 5.26 Å². The van der Waals surface area contributed by atoms with Crippen molar-refractivity contribution < 1.29 is 0 Å². The Hall–Kier alpha value is -2.50. The van der Waals surface area contributed by atoms with Crippen molar-refractivity contribution in [2.24, 2.45) is 0 Å². The molecule has 3 aromatic heterocycles. The van der Waals surface area contributed by atoms with E-state index in [1.807, 2.05) is 12.1 Å². The molecule has 3 N–H and O–H groups in total. The molecule has 3 aromatic rings. The normalized spacial score (nSPS) is 17.5. The van der Waals surface area contributed by atoms with Crippen LogP contribution in [0.2, 0.25) is 0 Å². The van der Waals surface area contributed by atoms with Crippen molar-refractivity contribution in [2.75, 3.05) is 18.8 Å². The zero-order chi connectivity index (χ0) is 17.4. The quantitative estimate of drug-likeness (QED) is 0.687. The molecular weight excluding hydrogens is 382 g/mol. The molecule has 0 spiro atoms. The SMILES string of the molecule is N#Cc1ccc(-c2cnn3c(N)c(Br)c(C4CCCNC4)nc23)cn1. The molecule has 0 saturated carbocycles. The van der Waals surface area contributed by atoms with Gasteiger partial charge in [0.25, 0.3) is 0 Å². The number of rotatable bonds is 2. The summed E-state index contributed by atoms with van der Waals surface area (Å²) in [5, 5.41) is 16.7. The van der Waals surface area contributed by atoms with Gasteiger partial charge in [0, 0.05) is 29.8 Å². The van der Waals surface area contributed by atoms with Gasteiger partial charge in [-0.1, -0.05) is 0 Å². The Kier molecular flexibility index (Phi) is 4.11. The van der Waals surface area contributed by atoms with E-state index in [-0.39, 0.29) is 0 Å². The molecule has 25 heavy (non-hydrogen) atoms. The number of nitrogens with zero attached hydrogens (tertiary/aromatic N) is 5. The summed E-state index contributed by atoms with van der Waals surface area (Å²) in [6.07, 6.45) is 5.60. The fourth-order valence-electron chi connectivity index (χ4n) is 3.19. The Bertz CT molecular complexity index is 965. The zero-order valence-corrected chi connectivity index (χ0v) is 15.0. The number of nitrogens with one attached hydrogen (secondary N) is 1. The van der Waals surface area contributed by atoms with Crippen LogP contribution in [0, 0.1) is 11.3 Å². The fraction of sp³-hybridized carbons (Fsp3) is 0.294. The van der Waals surface area contributed by atoms with Gasteiger partial charge in [0.1, 0.15) is 17.6 Å². The van der Waals surface area contributed by atoms with E-state index in [0.29, 0.717) is 23.1 Å². The topological polar surface area (TPSA) is 105 Å². The molecule has 1 saturated heterocycles. The van der Waals surface area contributed by atoms with Crippen LogP contribution in [0.15, 0.2) is 29.0 Å². The van der Waals surface area contributed by atoms with Gasteiger partial charge in [-0.05, 0) is 47.4 Å². The monoisotopic (exact) mass is 397 g/mol. The summed E-state index contributed by atoms with van der Waals surface area (Å²) in [7, 11) is 0. The molecule has 1 unspecified atom stereocenters. The van der Waals surface area contributed by atoms with Crippen LogP contribution in [0.25, 0.3) is 16.8 Å². The smallest absolute Gasteiger partial charge is 0.165 e. The van der Waals surface area contributed by atoms with Crippen LogP contribution in [-0.2, 0) is 0 Å². The number of pyridine rings is 1. The first-order chi connectivity index (χ1) is 12.2. The van der Waals surface area contributed by atoms with Crippen molar-refractivity contribution in [1.82, 2.24) is 24.9 Å². The first-order valence-electron chi connectivity index (χ1n) is 8.09. The Morgan fingerprint density at radius 3 is 2.92 bits per heavy atom. The van der Waals surface area contributed by atoms with Crippen LogP contribution in [0.3, 0.4) is 0 Å². The number of nitrogens with two attached hydrogens (primary N) is 1. The van der Waals surface area contributed by atoms with Crippen molar-refractivity contribution in [3.8, 4) is 17.2 Å². The molecular formula is C17H16BrN7. The molecule has 126 valence electrons. The maximum Gasteiger partial charge on any atom is 0.165 e. The molecule has 1 atom stereocenters. The average Bonchev–Trinajstić information content (AvgIpc) is 3.09. The molecule has 8 heteroatoms. The van der Waals surface area contributed by atoms with E-state index in [1.165, 1.54) is 0 Å². The second-order valence-corrected chi connectivity index (χ2v) is 6.87. The zero-order valence-electron chi connectivity index (χ0n) is 13.4. The van der Waals surface area contributed by atoms with Crippen LogP contribution >= 0.6 is 15.9 Å². The number of hydrogen-bond acceptors (Lipinski definition) is 6. The lowest BCUT2D eigenvalue weighted by Gasteiger charge is -2.23. The van der Waals surface area contributed by atoms with Crippen LogP contribution in [0.1, 0.15) is 30.1 Å². The highest BCUT2D eigenvalue weighted by atomic mass is 79.9. The summed E-state index contributed by atoms with van der Waals surface area (Å²) in [6.45, 7) is 1.93. The standard InChI is InChI=1S/C17H16BrN7/c18-14-15(11-2-1-5-21-7-11)24-17-13(9-23-25(17)16(14)20)10-3-4-12(6-19)22-8-10/h3-4,8-9,11,21H,1-2,5,7,20H2. The molecule has 4 heterocycles. The van der Waals surface area contributed by atoms with Crippen LogP contribution in [0.5, 0.6) is 0 Å². The van der Waals surface area contributed by atoms with E-state index >= 15 is 0 Å². The van der Waals surface area contributed by atoms with Gasteiger partial charge in [-0.15, -0.1) is 0 Å². The van der Waals surface area contributed by atoms with Gasteiger partial charge >= 0.3 is 0 Å². The highest BCUT2D eigenvalue weighted by molar-refractivity contribution is 9.10. The largest absolute Gasteiger partial charge is 0.383 e. The molecule has 4 rings (SSSR count). The fourth-order valence-corrected chi connectivity index (χ4v) is 3.77. The number of hydrogen-bond donors (Lipinski definition) is 2. The van der Waals surface area contributed by atoms with E-state index in [9.17, 15) is 0 Å². The van der Waals surface area contributed by atoms with E-state index in [4.69, 9.17) is 16.0 Å². The summed E-state index contributed by atoms with van der Waals surface area (Å²) >= 11 is 3.60. The van der Waals surface area contributed by atoms with Gasteiger partial charge in [0.2, 0.25) is 0 Å². The van der Waals surface area contributed by atoms with Crippen molar-refractivity contribution in [3.05, 3.63) is 40.4 Å². The summed E-state index contributed by atoms with van der Waals surface area (Å²) in [4.78, 5) is 9.01. The molecule has 0 radical (unpaired) electrons. The highest BCUT2D eigenvalue weighted by Crippen LogP contribution is 2.34. The van der Waals surface area contributed by atoms with Gasteiger partial charge in [-0.2, -0.15) is 14.9 Å². The Morgan fingerprint density at radius 1 is 1.36 bits per heavy atom. The first kappa shape index (κ1) is 16.0. The van der Waals surface area contributed by atoms with E-state index < -0.39 is 0 Å². The molecule has 0 amide bonds. The second kappa shape index (κ2) is 6.43. The van der Waals surface area contributed by atoms with Gasteiger partial charge in [-0.3, -0.25) is 0 Å². The lowest BCUT2D eigenvalue weighted by molar-refractivity contribution is 0.453. The summed E-state index contributed by atoms with van der Waals surface area (Å²) in [5.74, 6) is 0.857. The number of nitriles is 1. The Morgan fingerprint density at radius 2 is 2.24 bits per heavy atom. The van der Waals surface area contributed by atoms with Gasteiger partial charge in [0.15, 0.2) is 5.65 Å². The van der Waals surface area contributed by atoms with Gasteiger partial charge in [-0.25, -0.2) is 9.97 Å². The molecule has 0 bridgehead atoms. The minimum Gasteiger partial charge on any atom is -0.383 e. The third-order valence-corrected chi connectivity index (χ3v) is 5.33. The third kappa shape index (κ3) is 2.75. The second-order valence-electron chi connectivity index (χ2n) is 6.08. The molecule has 7 nitrogen and oxygen atoms in total. The van der Waals surface area contributed by atoms with Crippen molar-refractivity contribution in [2.45, 2.75) is 18.8 Å². The predicted octanol–water partition coefficient (Wildman–Crippen LogP) is 2.47.